The minimum absolute atomic E-state index is 0.0890. The van der Waals surface area contributed by atoms with Gasteiger partial charge in [-0.05, 0) is 63.2 Å². The molecule has 9 heteroatoms. The van der Waals surface area contributed by atoms with Crippen LogP contribution in [0, 0.1) is 18.3 Å². The quantitative estimate of drug-likeness (QED) is 0.245. The predicted octanol–water partition coefficient (Wildman–Crippen LogP) is 5.27. The Kier molecular flexibility index (Phi) is 7.74. The number of rotatable bonds is 9. The number of nitrogens with zero attached hydrogens (tertiary/aromatic N) is 4. The lowest BCUT2D eigenvalue weighted by atomic mass is 10.0. The van der Waals surface area contributed by atoms with Gasteiger partial charge in [0.1, 0.15) is 11.8 Å². The highest BCUT2D eigenvalue weighted by atomic mass is 28.3. The lowest BCUT2D eigenvalue weighted by Crippen LogP contribution is -2.39. The van der Waals surface area contributed by atoms with Crippen molar-refractivity contribution in [2.24, 2.45) is 0 Å². The molecule has 0 spiro atoms. The molecule has 0 bridgehead atoms. The van der Waals surface area contributed by atoms with Gasteiger partial charge in [0.2, 0.25) is 5.65 Å². The Morgan fingerprint density at radius 1 is 1.23 bits per heavy atom. The molecule has 0 aliphatic carbocycles. The molecule has 3 heterocycles. The summed E-state index contributed by atoms with van der Waals surface area (Å²) in [6.07, 6.45) is 2.23. The van der Waals surface area contributed by atoms with E-state index < -0.39 is 8.07 Å². The van der Waals surface area contributed by atoms with Gasteiger partial charge in [-0.25, -0.2) is 4.98 Å². The molecule has 1 saturated heterocycles. The Morgan fingerprint density at radius 3 is 2.80 bits per heavy atom. The number of anilines is 1. The third-order valence-corrected chi connectivity index (χ3v) is 7.94. The fourth-order valence-corrected chi connectivity index (χ4v) is 5.01. The predicted molar refractivity (Wildman–Crippen MR) is 140 cm³/mol. The Morgan fingerprint density at radius 2 is 2.06 bits per heavy atom. The molecule has 0 radical (unpaired) electrons. The molecular formula is C26H35N5O3Si. The molecule has 1 atom stereocenters. The van der Waals surface area contributed by atoms with E-state index in [4.69, 9.17) is 18.9 Å². The van der Waals surface area contributed by atoms with Gasteiger partial charge in [0, 0.05) is 32.8 Å². The molecular weight excluding hydrogens is 458 g/mol. The molecule has 0 amide bonds. The zero-order valence-corrected chi connectivity index (χ0v) is 22.4. The number of likely N-dealkylation sites (tertiary alicyclic amines) is 1. The van der Waals surface area contributed by atoms with Crippen molar-refractivity contribution in [3.05, 3.63) is 35.4 Å². The summed E-state index contributed by atoms with van der Waals surface area (Å²) in [6.45, 7) is 11.7. The number of nitriles is 1. The molecule has 186 valence electrons. The van der Waals surface area contributed by atoms with Crippen LogP contribution in [0.3, 0.4) is 0 Å². The molecule has 2 aromatic heterocycles. The van der Waals surface area contributed by atoms with Gasteiger partial charge in [0.05, 0.1) is 11.3 Å². The van der Waals surface area contributed by atoms with Crippen molar-refractivity contribution in [1.29, 1.82) is 5.26 Å². The number of likely N-dealkylation sites (N-methyl/N-ethyl adjacent to an activating group) is 1. The fraction of sp³-hybridized carbons (Fsp3) is 0.500. The van der Waals surface area contributed by atoms with E-state index in [0.29, 0.717) is 46.9 Å². The molecule has 1 fully saturated rings. The van der Waals surface area contributed by atoms with E-state index in [1.807, 2.05) is 25.1 Å². The van der Waals surface area contributed by atoms with Crippen LogP contribution in [0.2, 0.25) is 25.7 Å². The van der Waals surface area contributed by atoms with E-state index in [0.717, 1.165) is 43.1 Å². The molecule has 1 aliphatic heterocycles. The molecule has 1 aliphatic rings. The van der Waals surface area contributed by atoms with Crippen molar-refractivity contribution in [3.8, 4) is 23.1 Å². The van der Waals surface area contributed by atoms with Crippen molar-refractivity contribution in [2.75, 3.05) is 38.9 Å². The average molecular weight is 494 g/mol. The standard InChI is InChI=1S/C26H35N5O3Si/c1-18-8-9-19(15-27)24(33-17-32-13-14-35(3,4)5)23(18)21-10-11-22-25(29-21)30-26(34-22)28-20-7-6-12-31(2)16-20/h8-11,20H,6-7,12-14,16-17H2,1-5H3,(H,28,29,30)/t20-/m1/s1. The van der Waals surface area contributed by atoms with Crippen molar-refractivity contribution < 1.29 is 13.9 Å². The van der Waals surface area contributed by atoms with Gasteiger partial charge in [-0.3, -0.25) is 0 Å². The van der Waals surface area contributed by atoms with Crippen molar-refractivity contribution in [3.63, 3.8) is 0 Å². The highest BCUT2D eigenvalue weighted by Crippen LogP contribution is 2.36. The van der Waals surface area contributed by atoms with Crippen LogP contribution >= 0.6 is 0 Å². The lowest BCUT2D eigenvalue weighted by Gasteiger charge is -2.29. The molecule has 3 aromatic rings. The number of piperidine rings is 1. The second kappa shape index (κ2) is 10.8. The fourth-order valence-electron chi connectivity index (χ4n) is 4.25. The maximum Gasteiger partial charge on any atom is 0.297 e. The van der Waals surface area contributed by atoms with Gasteiger partial charge in [-0.2, -0.15) is 10.2 Å². The van der Waals surface area contributed by atoms with E-state index in [2.05, 4.69) is 48.0 Å². The first kappa shape index (κ1) is 25.2. The molecule has 1 N–H and O–H groups in total. The Hall–Kier alpha value is -2.93. The van der Waals surface area contributed by atoms with Gasteiger partial charge in [-0.15, -0.1) is 0 Å². The Bertz CT molecular complexity index is 1210. The van der Waals surface area contributed by atoms with Gasteiger partial charge in [0.15, 0.2) is 12.4 Å². The Balaban J connectivity index is 1.56. The maximum absolute atomic E-state index is 9.71. The third kappa shape index (κ3) is 6.39. The first-order valence-corrected chi connectivity index (χ1v) is 15.9. The summed E-state index contributed by atoms with van der Waals surface area (Å²) in [6, 6.07) is 11.5. The van der Waals surface area contributed by atoms with Crippen LogP contribution < -0.4 is 10.1 Å². The third-order valence-electron chi connectivity index (χ3n) is 6.23. The maximum atomic E-state index is 9.71. The zero-order valence-electron chi connectivity index (χ0n) is 21.4. The number of fused-ring (bicyclic) bond motifs is 1. The first-order chi connectivity index (χ1) is 16.7. The number of benzene rings is 1. The summed E-state index contributed by atoms with van der Waals surface area (Å²) in [7, 11) is 0.942. The number of oxazole rings is 1. The van der Waals surface area contributed by atoms with Crippen molar-refractivity contribution in [1.82, 2.24) is 14.9 Å². The average Bonchev–Trinajstić information content (AvgIpc) is 3.19. The van der Waals surface area contributed by atoms with Crippen molar-refractivity contribution in [2.45, 2.75) is 51.5 Å². The smallest absolute Gasteiger partial charge is 0.297 e. The van der Waals surface area contributed by atoms with Gasteiger partial charge < -0.3 is 24.1 Å². The summed E-state index contributed by atoms with van der Waals surface area (Å²) in [5.74, 6) is 0.486. The van der Waals surface area contributed by atoms with E-state index >= 15 is 0 Å². The van der Waals surface area contributed by atoms with E-state index in [1.165, 1.54) is 0 Å². The SMILES string of the molecule is Cc1ccc(C#N)c(OCOCC[Si](C)(C)C)c1-c1ccc2oc(N[C@@H]3CCCN(C)C3)nc2n1. The zero-order chi connectivity index (χ0) is 25.0. The number of hydrogen-bond donors (Lipinski definition) is 1. The second-order valence-corrected chi connectivity index (χ2v) is 16.1. The van der Waals surface area contributed by atoms with Crippen LogP contribution in [0.25, 0.3) is 22.5 Å². The molecule has 1 aromatic carbocycles. The van der Waals surface area contributed by atoms with Crippen LogP contribution in [0.4, 0.5) is 6.01 Å². The summed E-state index contributed by atoms with van der Waals surface area (Å²) >= 11 is 0. The van der Waals surface area contributed by atoms with Gasteiger partial charge >= 0.3 is 0 Å². The topological polar surface area (TPSA) is 96.4 Å². The second-order valence-electron chi connectivity index (χ2n) is 10.5. The number of pyridine rings is 1. The van der Waals surface area contributed by atoms with Crippen LogP contribution in [0.15, 0.2) is 28.7 Å². The van der Waals surface area contributed by atoms with Crippen LogP contribution in [0.5, 0.6) is 5.75 Å². The summed E-state index contributed by atoms with van der Waals surface area (Å²) < 4.78 is 17.7. The first-order valence-electron chi connectivity index (χ1n) is 12.2. The minimum Gasteiger partial charge on any atom is -0.465 e. The normalized spacial score (nSPS) is 16.9. The lowest BCUT2D eigenvalue weighted by molar-refractivity contribution is 0.0222. The molecule has 35 heavy (non-hydrogen) atoms. The van der Waals surface area contributed by atoms with Gasteiger partial charge in [0.25, 0.3) is 6.01 Å². The molecule has 8 nitrogen and oxygen atoms in total. The Labute approximate surface area is 208 Å². The minimum atomic E-state index is -1.19. The monoisotopic (exact) mass is 493 g/mol. The molecule has 0 unspecified atom stereocenters. The largest absolute Gasteiger partial charge is 0.465 e. The highest BCUT2D eigenvalue weighted by molar-refractivity contribution is 6.76. The number of ether oxygens (including phenoxy) is 2. The van der Waals surface area contributed by atoms with E-state index in [9.17, 15) is 5.26 Å². The number of hydrogen-bond acceptors (Lipinski definition) is 8. The van der Waals surface area contributed by atoms with E-state index in [1.54, 1.807) is 6.07 Å². The van der Waals surface area contributed by atoms with Crippen LogP contribution in [0.1, 0.15) is 24.0 Å². The summed E-state index contributed by atoms with van der Waals surface area (Å²) in [4.78, 5) is 11.7. The molecule has 4 rings (SSSR count). The number of aromatic nitrogens is 2. The van der Waals surface area contributed by atoms with Crippen LogP contribution in [-0.2, 0) is 4.74 Å². The summed E-state index contributed by atoms with van der Waals surface area (Å²) in [5.41, 5.74) is 4.00. The number of nitrogens with one attached hydrogen (secondary N) is 1. The summed E-state index contributed by atoms with van der Waals surface area (Å²) in [5, 5.41) is 13.1. The van der Waals surface area contributed by atoms with E-state index in [-0.39, 0.29) is 6.79 Å². The molecule has 0 saturated carbocycles. The highest BCUT2D eigenvalue weighted by Gasteiger charge is 2.21. The van der Waals surface area contributed by atoms with Gasteiger partial charge in [-0.1, -0.05) is 25.7 Å². The van der Waals surface area contributed by atoms with Crippen LogP contribution in [-0.4, -0.2) is 62.5 Å². The number of aryl methyl sites for hydroxylation is 1. The van der Waals surface area contributed by atoms with Crippen molar-refractivity contribution >= 4 is 25.3 Å².